The number of aliphatic hydroxyl groups excluding tert-OH is 1. The van der Waals surface area contributed by atoms with Gasteiger partial charge in [-0.15, -0.1) is 0 Å². The fourth-order valence-corrected chi connectivity index (χ4v) is 1.64. The van der Waals surface area contributed by atoms with Gasteiger partial charge in [0.15, 0.2) is 0 Å². The average molecular weight is 266 g/mol. The minimum Gasteiger partial charge on any atom is -0.388 e. The molecule has 0 saturated heterocycles. The van der Waals surface area contributed by atoms with E-state index in [1.54, 1.807) is 12.3 Å². The Labute approximate surface area is 90.1 Å². The van der Waals surface area contributed by atoms with Crippen LogP contribution in [0.4, 0.5) is 0 Å². The minimum absolute atomic E-state index is 0.370. The van der Waals surface area contributed by atoms with Crippen molar-refractivity contribution >= 4 is 27.5 Å². The number of hydrogen-bond acceptors (Lipinski definition) is 3. The Balaban J connectivity index is 2.91. The van der Waals surface area contributed by atoms with Crippen molar-refractivity contribution in [3.05, 3.63) is 27.5 Å². The van der Waals surface area contributed by atoms with Crippen molar-refractivity contribution in [3.8, 4) is 0 Å². The molecule has 0 radical (unpaired) electrons. The molecule has 0 aliphatic heterocycles. The molecule has 0 aromatic carbocycles. The molecule has 3 N–H and O–H groups in total. The van der Waals surface area contributed by atoms with Crippen LogP contribution in [0.2, 0.25) is 5.15 Å². The lowest BCUT2D eigenvalue weighted by molar-refractivity contribution is 0.169. The van der Waals surface area contributed by atoms with Crippen molar-refractivity contribution < 1.29 is 5.11 Å². The van der Waals surface area contributed by atoms with Gasteiger partial charge in [-0.05, 0) is 40.5 Å². The first-order chi connectivity index (χ1) is 6.15. The van der Waals surface area contributed by atoms with Gasteiger partial charge in [-0.25, -0.2) is 4.98 Å². The second-order valence-corrected chi connectivity index (χ2v) is 3.86. The fourth-order valence-electron chi connectivity index (χ4n) is 0.996. The molecule has 1 rings (SSSR count). The Morgan fingerprint density at radius 1 is 1.69 bits per heavy atom. The number of nitrogens with zero attached hydrogens (tertiary/aromatic N) is 1. The summed E-state index contributed by atoms with van der Waals surface area (Å²) in [6.07, 6.45) is 1.50. The largest absolute Gasteiger partial charge is 0.388 e. The van der Waals surface area contributed by atoms with Gasteiger partial charge in [0, 0.05) is 10.7 Å². The number of aliphatic hydroxyl groups is 1. The maximum Gasteiger partial charge on any atom is 0.129 e. The summed E-state index contributed by atoms with van der Waals surface area (Å²) < 4.78 is 0.748. The van der Waals surface area contributed by atoms with E-state index in [0.717, 1.165) is 10.0 Å². The Bertz CT molecular complexity index is 295. The zero-order valence-electron chi connectivity index (χ0n) is 6.87. The van der Waals surface area contributed by atoms with Crippen molar-refractivity contribution in [2.75, 3.05) is 6.54 Å². The second kappa shape index (κ2) is 4.91. The normalized spacial score (nSPS) is 12.9. The molecule has 1 heterocycles. The topological polar surface area (TPSA) is 59.1 Å². The molecule has 72 valence electrons. The Kier molecular flexibility index (Phi) is 4.12. The van der Waals surface area contributed by atoms with Gasteiger partial charge in [-0.2, -0.15) is 0 Å². The van der Waals surface area contributed by atoms with E-state index >= 15 is 0 Å². The molecule has 1 atom stereocenters. The molecule has 0 spiro atoms. The minimum atomic E-state index is -0.583. The molecule has 0 aliphatic carbocycles. The van der Waals surface area contributed by atoms with E-state index in [-0.39, 0.29) is 0 Å². The zero-order valence-corrected chi connectivity index (χ0v) is 9.22. The first-order valence-corrected chi connectivity index (χ1v) is 5.01. The van der Waals surface area contributed by atoms with E-state index in [4.69, 9.17) is 17.3 Å². The molecule has 0 amide bonds. The second-order valence-electron chi connectivity index (χ2n) is 2.62. The van der Waals surface area contributed by atoms with Crippen LogP contribution in [-0.2, 0) is 0 Å². The van der Waals surface area contributed by atoms with Crippen molar-refractivity contribution in [2.24, 2.45) is 5.73 Å². The van der Waals surface area contributed by atoms with Crippen LogP contribution < -0.4 is 5.73 Å². The standard InChI is InChI=1S/C8H10BrClN2O/c9-6-4-12-8(10)3-5(6)7(13)1-2-11/h3-4,7,13H,1-2,11H2/t7-/m1/s1. The molecule has 3 nitrogen and oxygen atoms in total. The van der Waals surface area contributed by atoms with Crippen LogP contribution in [0.25, 0.3) is 0 Å². The molecular weight excluding hydrogens is 255 g/mol. The van der Waals surface area contributed by atoms with Crippen LogP contribution in [-0.4, -0.2) is 16.6 Å². The van der Waals surface area contributed by atoms with Crippen LogP contribution in [0.15, 0.2) is 16.7 Å². The fraction of sp³-hybridized carbons (Fsp3) is 0.375. The highest BCUT2D eigenvalue weighted by molar-refractivity contribution is 9.10. The third-order valence-corrected chi connectivity index (χ3v) is 2.52. The quantitative estimate of drug-likeness (QED) is 0.821. The number of hydrogen-bond donors (Lipinski definition) is 2. The Hall–Kier alpha value is -0.160. The first kappa shape index (κ1) is 10.9. The summed E-state index contributed by atoms with van der Waals surface area (Å²) in [5.41, 5.74) is 6.06. The average Bonchev–Trinajstić information content (AvgIpc) is 2.09. The lowest BCUT2D eigenvalue weighted by Crippen LogP contribution is -2.07. The number of rotatable bonds is 3. The molecule has 13 heavy (non-hydrogen) atoms. The summed E-state index contributed by atoms with van der Waals surface area (Å²) in [4.78, 5) is 3.86. The molecule has 0 aliphatic rings. The number of halogens is 2. The lowest BCUT2D eigenvalue weighted by atomic mass is 10.1. The predicted octanol–water partition coefficient (Wildman–Crippen LogP) is 1.88. The van der Waals surface area contributed by atoms with E-state index in [1.165, 1.54) is 0 Å². The molecule has 0 unspecified atom stereocenters. The van der Waals surface area contributed by atoms with E-state index in [0.29, 0.717) is 18.1 Å². The SMILES string of the molecule is NCC[C@@H](O)c1cc(Cl)ncc1Br. The van der Waals surface area contributed by atoms with Crippen molar-refractivity contribution in [1.82, 2.24) is 4.98 Å². The number of nitrogens with two attached hydrogens (primary N) is 1. The summed E-state index contributed by atoms with van der Waals surface area (Å²) >= 11 is 8.97. The highest BCUT2D eigenvalue weighted by Gasteiger charge is 2.11. The highest BCUT2D eigenvalue weighted by atomic mass is 79.9. The summed E-state index contributed by atoms with van der Waals surface area (Å²) in [6.45, 7) is 0.438. The van der Waals surface area contributed by atoms with Gasteiger partial charge in [0.25, 0.3) is 0 Å². The van der Waals surface area contributed by atoms with Crippen LogP contribution in [0, 0.1) is 0 Å². The van der Waals surface area contributed by atoms with Crippen LogP contribution in [0.5, 0.6) is 0 Å². The summed E-state index contributed by atoms with van der Waals surface area (Å²) in [7, 11) is 0. The van der Waals surface area contributed by atoms with Gasteiger partial charge in [-0.1, -0.05) is 11.6 Å². The van der Waals surface area contributed by atoms with Crippen molar-refractivity contribution in [1.29, 1.82) is 0 Å². The highest BCUT2D eigenvalue weighted by Crippen LogP contribution is 2.26. The molecule has 1 aromatic rings. The lowest BCUT2D eigenvalue weighted by Gasteiger charge is -2.11. The maximum atomic E-state index is 9.63. The van der Waals surface area contributed by atoms with Crippen LogP contribution in [0.3, 0.4) is 0 Å². The van der Waals surface area contributed by atoms with Gasteiger partial charge in [-0.3, -0.25) is 0 Å². The Morgan fingerprint density at radius 2 is 2.38 bits per heavy atom. The molecular formula is C8H10BrClN2O. The van der Waals surface area contributed by atoms with E-state index in [1.807, 2.05) is 0 Å². The van der Waals surface area contributed by atoms with Crippen LogP contribution in [0.1, 0.15) is 18.1 Å². The first-order valence-electron chi connectivity index (χ1n) is 3.84. The van der Waals surface area contributed by atoms with Gasteiger partial charge in [0.2, 0.25) is 0 Å². The van der Waals surface area contributed by atoms with Gasteiger partial charge in [0.05, 0.1) is 6.10 Å². The van der Waals surface area contributed by atoms with Crippen molar-refractivity contribution in [3.63, 3.8) is 0 Å². The Morgan fingerprint density at radius 3 is 3.00 bits per heavy atom. The number of pyridine rings is 1. The summed E-state index contributed by atoms with van der Waals surface area (Å²) in [5, 5.41) is 10.00. The molecule has 0 fully saturated rings. The zero-order chi connectivity index (χ0) is 9.84. The van der Waals surface area contributed by atoms with E-state index in [2.05, 4.69) is 20.9 Å². The summed E-state index contributed by atoms with van der Waals surface area (Å²) in [5.74, 6) is 0. The van der Waals surface area contributed by atoms with Crippen molar-refractivity contribution in [2.45, 2.75) is 12.5 Å². The summed E-state index contributed by atoms with van der Waals surface area (Å²) in [6, 6.07) is 1.63. The third-order valence-electron chi connectivity index (χ3n) is 1.65. The van der Waals surface area contributed by atoms with E-state index in [9.17, 15) is 5.11 Å². The number of aromatic nitrogens is 1. The molecule has 5 heteroatoms. The van der Waals surface area contributed by atoms with Crippen LogP contribution >= 0.6 is 27.5 Å². The van der Waals surface area contributed by atoms with Gasteiger partial charge < -0.3 is 10.8 Å². The van der Waals surface area contributed by atoms with Gasteiger partial charge in [0.1, 0.15) is 5.15 Å². The maximum absolute atomic E-state index is 9.63. The third kappa shape index (κ3) is 2.91. The molecule has 0 bridgehead atoms. The monoisotopic (exact) mass is 264 g/mol. The molecule has 0 saturated carbocycles. The predicted molar refractivity (Wildman–Crippen MR) is 55.6 cm³/mol. The smallest absolute Gasteiger partial charge is 0.129 e. The van der Waals surface area contributed by atoms with Gasteiger partial charge >= 0.3 is 0 Å². The van der Waals surface area contributed by atoms with E-state index < -0.39 is 6.10 Å². The molecule has 1 aromatic heterocycles.